The van der Waals surface area contributed by atoms with Crippen LogP contribution in [0.5, 0.6) is 0 Å². The van der Waals surface area contributed by atoms with Crippen molar-refractivity contribution in [3.63, 3.8) is 0 Å². The zero-order valence-electron chi connectivity index (χ0n) is 10.1. The van der Waals surface area contributed by atoms with Gasteiger partial charge in [0.1, 0.15) is 11.6 Å². The van der Waals surface area contributed by atoms with Gasteiger partial charge in [0.05, 0.1) is 31.2 Å². The lowest BCUT2D eigenvalue weighted by molar-refractivity contribution is 0.623. The van der Waals surface area contributed by atoms with Crippen LogP contribution >= 0.6 is 51.3 Å². The van der Waals surface area contributed by atoms with Crippen molar-refractivity contribution in [2.45, 2.75) is 0 Å². The van der Waals surface area contributed by atoms with Gasteiger partial charge in [-0.3, -0.25) is 4.57 Å². The molecule has 2 nitrogen and oxygen atoms in total. The maximum atomic E-state index is 13.6. The number of H-pyrrole nitrogens is 1. The number of imidazole rings is 1. The molecule has 0 unspecified atom stereocenters. The highest BCUT2D eigenvalue weighted by Gasteiger charge is 2.16. The van der Waals surface area contributed by atoms with E-state index in [-0.39, 0.29) is 19.3 Å². The Balaban J connectivity index is 2.44. The molecule has 1 aromatic heterocycles. The molecule has 108 valence electrons. The van der Waals surface area contributed by atoms with Crippen molar-refractivity contribution in [1.82, 2.24) is 9.55 Å². The van der Waals surface area contributed by atoms with Gasteiger partial charge >= 0.3 is 0 Å². The van der Waals surface area contributed by atoms with Crippen molar-refractivity contribution >= 4 is 62.4 Å². The number of aromatic amines is 1. The summed E-state index contributed by atoms with van der Waals surface area (Å²) in [6.07, 6.45) is 0. The van der Waals surface area contributed by atoms with E-state index < -0.39 is 11.6 Å². The summed E-state index contributed by atoms with van der Waals surface area (Å²) in [5.41, 5.74) is 1.40. The molecule has 3 aromatic rings. The first-order valence-electron chi connectivity index (χ1n) is 5.63. The van der Waals surface area contributed by atoms with Crippen LogP contribution in [0.25, 0.3) is 16.7 Å². The molecular weight excluding hydrogens is 405 g/mol. The number of hydrogen-bond donors (Lipinski definition) is 1. The molecule has 1 heterocycles. The molecule has 2 aromatic carbocycles. The molecule has 0 saturated heterocycles. The number of nitrogens with one attached hydrogen (secondary N) is 1. The summed E-state index contributed by atoms with van der Waals surface area (Å²) in [6.45, 7) is 0. The Kier molecular flexibility index (Phi) is 3.81. The van der Waals surface area contributed by atoms with Crippen LogP contribution < -0.4 is 0 Å². The molecule has 0 aliphatic carbocycles. The van der Waals surface area contributed by atoms with Gasteiger partial charge in [0.2, 0.25) is 0 Å². The molecule has 21 heavy (non-hydrogen) atoms. The smallest absolute Gasteiger partial charge is 0.182 e. The number of aromatic nitrogens is 2. The summed E-state index contributed by atoms with van der Waals surface area (Å²) in [5.74, 6) is -0.977. The fraction of sp³-hybridized carbons (Fsp3) is 0. The highest BCUT2D eigenvalue weighted by Crippen LogP contribution is 2.34. The molecule has 0 aliphatic heterocycles. The molecule has 0 aliphatic rings. The Morgan fingerprint density at radius 2 is 1.71 bits per heavy atom. The minimum atomic E-state index is -0.549. The average Bonchev–Trinajstić information content (AvgIpc) is 2.66. The van der Waals surface area contributed by atoms with Crippen molar-refractivity contribution in [3.8, 4) is 5.69 Å². The van der Waals surface area contributed by atoms with Gasteiger partial charge < -0.3 is 4.98 Å². The lowest BCUT2D eigenvalue weighted by Crippen LogP contribution is -1.97. The van der Waals surface area contributed by atoms with E-state index in [0.29, 0.717) is 16.7 Å². The normalized spacial score (nSPS) is 11.3. The van der Waals surface area contributed by atoms with Gasteiger partial charge in [-0.1, -0.05) is 23.2 Å². The van der Waals surface area contributed by atoms with Crippen molar-refractivity contribution in [1.29, 1.82) is 0 Å². The Morgan fingerprint density at radius 3 is 2.33 bits per heavy atom. The average molecular weight is 410 g/mol. The Hall–Kier alpha value is -0.950. The number of hydrogen-bond acceptors (Lipinski definition) is 1. The van der Waals surface area contributed by atoms with Crippen LogP contribution in [0, 0.1) is 16.4 Å². The minimum absolute atomic E-state index is 0.109. The van der Waals surface area contributed by atoms with E-state index in [1.165, 1.54) is 6.07 Å². The van der Waals surface area contributed by atoms with E-state index in [1.807, 2.05) is 0 Å². The third kappa shape index (κ3) is 2.50. The zero-order chi connectivity index (χ0) is 15.3. The lowest BCUT2D eigenvalue weighted by atomic mass is 10.2. The summed E-state index contributed by atoms with van der Waals surface area (Å²) < 4.78 is 29.0. The van der Waals surface area contributed by atoms with Crippen LogP contribution in [-0.4, -0.2) is 9.55 Å². The standard InChI is InChI=1S/C13H5BrCl2F2N2S/c14-6-3-11-10(4-9(6)18)19-13(21)20(11)12-7(15)1-5(17)2-8(12)16/h1-4H,(H,19,21). The van der Waals surface area contributed by atoms with Crippen LogP contribution in [0.2, 0.25) is 10.0 Å². The van der Waals surface area contributed by atoms with Crippen LogP contribution in [0.15, 0.2) is 28.7 Å². The Bertz CT molecular complexity index is 913. The third-order valence-electron chi connectivity index (χ3n) is 2.93. The van der Waals surface area contributed by atoms with E-state index in [1.54, 1.807) is 10.6 Å². The molecule has 0 fully saturated rings. The largest absolute Gasteiger partial charge is 0.330 e. The predicted octanol–water partition coefficient (Wildman–Crippen LogP) is 6.04. The molecular formula is C13H5BrCl2F2N2S. The molecule has 8 heteroatoms. The summed E-state index contributed by atoms with van der Waals surface area (Å²) in [6, 6.07) is 5.13. The first-order chi connectivity index (χ1) is 9.88. The van der Waals surface area contributed by atoms with Gasteiger partial charge in [0.15, 0.2) is 4.77 Å². The van der Waals surface area contributed by atoms with Crippen LogP contribution in [-0.2, 0) is 0 Å². The van der Waals surface area contributed by atoms with Crippen molar-refractivity contribution in [2.75, 3.05) is 0 Å². The van der Waals surface area contributed by atoms with Gasteiger partial charge in [0.25, 0.3) is 0 Å². The third-order valence-corrected chi connectivity index (χ3v) is 4.40. The summed E-state index contributed by atoms with van der Waals surface area (Å²) in [7, 11) is 0. The molecule has 0 spiro atoms. The van der Waals surface area contributed by atoms with Crippen molar-refractivity contribution < 1.29 is 8.78 Å². The van der Waals surface area contributed by atoms with Crippen LogP contribution in [0.1, 0.15) is 0 Å². The molecule has 3 rings (SSSR count). The van der Waals surface area contributed by atoms with E-state index in [0.717, 1.165) is 12.1 Å². The molecule has 0 saturated carbocycles. The maximum absolute atomic E-state index is 13.6. The lowest BCUT2D eigenvalue weighted by Gasteiger charge is -2.10. The van der Waals surface area contributed by atoms with Gasteiger partial charge in [-0.25, -0.2) is 8.78 Å². The Labute approximate surface area is 141 Å². The highest BCUT2D eigenvalue weighted by molar-refractivity contribution is 9.10. The highest BCUT2D eigenvalue weighted by atomic mass is 79.9. The zero-order valence-corrected chi connectivity index (χ0v) is 14.0. The van der Waals surface area contributed by atoms with E-state index in [4.69, 9.17) is 35.4 Å². The quantitative estimate of drug-likeness (QED) is 0.486. The number of fused-ring (bicyclic) bond motifs is 1. The van der Waals surface area contributed by atoms with Gasteiger partial charge in [-0.2, -0.15) is 0 Å². The maximum Gasteiger partial charge on any atom is 0.182 e. The fourth-order valence-electron chi connectivity index (χ4n) is 2.07. The summed E-state index contributed by atoms with van der Waals surface area (Å²) in [5, 5.41) is 0.217. The number of nitrogens with zero attached hydrogens (tertiary/aromatic N) is 1. The topological polar surface area (TPSA) is 20.7 Å². The summed E-state index contributed by atoms with van der Waals surface area (Å²) >= 11 is 20.5. The van der Waals surface area contributed by atoms with E-state index >= 15 is 0 Å². The van der Waals surface area contributed by atoms with Crippen molar-refractivity contribution in [3.05, 3.63) is 55.2 Å². The first-order valence-corrected chi connectivity index (χ1v) is 7.59. The fourth-order valence-corrected chi connectivity index (χ4v) is 3.33. The second-order valence-electron chi connectivity index (χ2n) is 4.27. The number of benzene rings is 2. The minimum Gasteiger partial charge on any atom is -0.330 e. The SMILES string of the molecule is Fc1cc(Cl)c(-n2c(=S)[nH]c3cc(F)c(Br)cc32)c(Cl)c1. The van der Waals surface area contributed by atoms with Crippen LogP contribution in [0.3, 0.4) is 0 Å². The van der Waals surface area contributed by atoms with Crippen LogP contribution in [0.4, 0.5) is 8.78 Å². The molecule has 0 atom stereocenters. The monoisotopic (exact) mass is 408 g/mol. The van der Waals surface area contributed by atoms with Crippen molar-refractivity contribution in [2.24, 2.45) is 0 Å². The Morgan fingerprint density at radius 1 is 1.10 bits per heavy atom. The number of rotatable bonds is 1. The van der Waals surface area contributed by atoms with Gasteiger partial charge in [0, 0.05) is 6.07 Å². The van der Waals surface area contributed by atoms with Gasteiger partial charge in [-0.15, -0.1) is 0 Å². The van der Waals surface area contributed by atoms with E-state index in [9.17, 15) is 8.78 Å². The molecule has 1 N–H and O–H groups in total. The van der Waals surface area contributed by atoms with E-state index in [2.05, 4.69) is 20.9 Å². The molecule has 0 bridgehead atoms. The number of halogens is 5. The first kappa shape index (κ1) is 15.0. The molecule has 0 amide bonds. The second kappa shape index (κ2) is 5.35. The summed E-state index contributed by atoms with van der Waals surface area (Å²) in [4.78, 5) is 2.87. The molecule has 0 radical (unpaired) electrons. The second-order valence-corrected chi connectivity index (χ2v) is 6.32. The predicted molar refractivity (Wildman–Crippen MR) is 86.1 cm³/mol. The van der Waals surface area contributed by atoms with Gasteiger partial charge in [-0.05, 0) is 46.3 Å².